The van der Waals surface area contributed by atoms with Gasteiger partial charge in [0.05, 0.1) is 23.9 Å². The van der Waals surface area contributed by atoms with Crippen LogP contribution in [-0.4, -0.2) is 118 Å². The zero-order valence-corrected chi connectivity index (χ0v) is 27.6. The molecule has 13 atom stereocenters. The summed E-state index contributed by atoms with van der Waals surface area (Å²) in [5, 5.41) is 33.6. The fourth-order valence-corrected chi connectivity index (χ4v) is 6.60. The summed E-state index contributed by atoms with van der Waals surface area (Å²) in [5.41, 5.74) is -6.74. The van der Waals surface area contributed by atoms with Crippen LogP contribution in [0.3, 0.4) is 0 Å². The number of Topliss-reactive ketones (excluding diaryl/α,β-unsaturated/α-hetero) is 2. The van der Waals surface area contributed by atoms with E-state index in [2.05, 4.69) is 0 Å². The van der Waals surface area contributed by atoms with Gasteiger partial charge in [-0.05, 0) is 60.5 Å². The van der Waals surface area contributed by atoms with Gasteiger partial charge in [0.2, 0.25) is 0 Å². The minimum absolute atomic E-state index is 0.0258. The number of hydrogen-bond donors (Lipinski definition) is 3. The van der Waals surface area contributed by atoms with Crippen LogP contribution in [0.25, 0.3) is 0 Å². The lowest BCUT2D eigenvalue weighted by Crippen LogP contribution is -2.61. The van der Waals surface area contributed by atoms with Gasteiger partial charge in [0.1, 0.15) is 23.6 Å². The Balaban J connectivity index is 2.67. The molecule has 0 radical (unpaired) electrons. The number of cyclic esters (lactones) is 1. The first kappa shape index (κ1) is 37.6. The summed E-state index contributed by atoms with van der Waals surface area (Å²) in [6.45, 7) is 14.1. The molecule has 2 fully saturated rings. The van der Waals surface area contributed by atoms with E-state index in [0.717, 1.165) is 6.92 Å². The van der Waals surface area contributed by atoms with Gasteiger partial charge >= 0.3 is 5.97 Å². The summed E-state index contributed by atoms with van der Waals surface area (Å²) in [6.07, 6.45) is -6.63. The first-order valence-electron chi connectivity index (χ1n) is 15.3. The van der Waals surface area contributed by atoms with Crippen LogP contribution in [0.5, 0.6) is 0 Å². The summed E-state index contributed by atoms with van der Waals surface area (Å²) in [6, 6.07) is -0.333. The van der Waals surface area contributed by atoms with Crippen molar-refractivity contribution >= 4 is 17.5 Å². The highest BCUT2D eigenvalue weighted by Gasteiger charge is 2.56. The molecule has 0 saturated carbocycles. The van der Waals surface area contributed by atoms with Crippen molar-refractivity contribution < 1.29 is 53.0 Å². The van der Waals surface area contributed by atoms with E-state index in [1.54, 1.807) is 20.8 Å². The van der Waals surface area contributed by atoms with Gasteiger partial charge < -0.3 is 39.2 Å². The number of esters is 1. The van der Waals surface area contributed by atoms with E-state index in [-0.39, 0.29) is 25.0 Å². The number of rotatable bonds is 6. The van der Waals surface area contributed by atoms with Crippen molar-refractivity contribution in [2.24, 2.45) is 17.8 Å². The average molecular weight is 620 g/mol. The van der Waals surface area contributed by atoms with Gasteiger partial charge in [-0.3, -0.25) is 9.59 Å². The van der Waals surface area contributed by atoms with Gasteiger partial charge in [0, 0.05) is 30.9 Å². The summed E-state index contributed by atoms with van der Waals surface area (Å²) >= 11 is 0. The molecule has 2 aliphatic rings. The van der Waals surface area contributed by atoms with E-state index in [1.807, 2.05) is 25.8 Å². The Labute approximate surface area is 255 Å². The number of halogens is 1. The first-order valence-corrected chi connectivity index (χ1v) is 15.3. The van der Waals surface area contributed by atoms with Crippen LogP contribution in [0, 0.1) is 17.8 Å². The number of nitrogens with zero attached hydrogens (tertiary/aromatic N) is 1. The van der Waals surface area contributed by atoms with E-state index in [1.165, 1.54) is 27.9 Å². The molecule has 0 aromatic carbocycles. The van der Waals surface area contributed by atoms with E-state index in [9.17, 15) is 29.7 Å². The van der Waals surface area contributed by atoms with Gasteiger partial charge in [-0.1, -0.05) is 34.6 Å². The van der Waals surface area contributed by atoms with Crippen molar-refractivity contribution in [1.29, 1.82) is 0 Å². The van der Waals surface area contributed by atoms with Crippen LogP contribution in [-0.2, 0) is 33.3 Å². The number of methoxy groups -OCH3 is 1. The topological polar surface area (TPSA) is 152 Å². The third kappa shape index (κ3) is 7.65. The van der Waals surface area contributed by atoms with Crippen molar-refractivity contribution in [3.05, 3.63) is 0 Å². The second-order valence-corrected chi connectivity index (χ2v) is 13.2. The fourth-order valence-electron chi connectivity index (χ4n) is 6.60. The molecular weight excluding hydrogens is 565 g/mol. The van der Waals surface area contributed by atoms with Gasteiger partial charge in [-0.15, -0.1) is 0 Å². The minimum Gasteiger partial charge on any atom is -0.457 e. The van der Waals surface area contributed by atoms with E-state index < -0.39 is 82.9 Å². The maximum absolute atomic E-state index is 16.2. The predicted molar refractivity (Wildman–Crippen MR) is 156 cm³/mol. The van der Waals surface area contributed by atoms with Crippen molar-refractivity contribution in [3.8, 4) is 0 Å². The molecule has 11 nitrogen and oxygen atoms in total. The number of aliphatic hydroxyl groups is 3. The van der Waals surface area contributed by atoms with Crippen LogP contribution in [0.4, 0.5) is 4.39 Å². The number of hydrogen-bond acceptors (Lipinski definition) is 11. The number of alkyl halides is 1. The minimum atomic E-state index is -3.18. The number of ketones is 2. The second kappa shape index (κ2) is 14.3. The van der Waals surface area contributed by atoms with E-state index in [0.29, 0.717) is 13.0 Å². The molecule has 2 rings (SSSR count). The van der Waals surface area contributed by atoms with Crippen molar-refractivity contribution in [2.75, 3.05) is 20.7 Å². The molecule has 43 heavy (non-hydrogen) atoms. The molecule has 0 aliphatic carbocycles. The lowest BCUT2D eigenvalue weighted by atomic mass is 9.74. The fraction of sp³-hybridized carbons (Fsp3) is 0.903. The van der Waals surface area contributed by atoms with E-state index in [4.69, 9.17) is 18.9 Å². The number of aliphatic hydroxyl groups excluding tert-OH is 2. The predicted octanol–water partition coefficient (Wildman–Crippen LogP) is 2.20. The first-order chi connectivity index (χ1) is 19.7. The Bertz CT molecular complexity index is 992. The Morgan fingerprint density at radius 1 is 1.05 bits per heavy atom. The summed E-state index contributed by atoms with van der Waals surface area (Å²) in [5.74, 6) is -6.36. The van der Waals surface area contributed by atoms with Crippen LogP contribution in [0.15, 0.2) is 0 Å². The van der Waals surface area contributed by atoms with Crippen molar-refractivity contribution in [1.82, 2.24) is 4.90 Å². The van der Waals surface area contributed by atoms with E-state index >= 15 is 4.39 Å². The molecule has 12 heteroatoms. The summed E-state index contributed by atoms with van der Waals surface area (Å²) < 4.78 is 39.8. The number of ether oxygens (including phenoxy) is 4. The monoisotopic (exact) mass is 619 g/mol. The highest BCUT2D eigenvalue weighted by atomic mass is 19.1. The Hall–Kier alpha value is -1.54. The van der Waals surface area contributed by atoms with Gasteiger partial charge in [-0.2, -0.15) is 0 Å². The molecule has 0 aromatic heterocycles. The Kier molecular flexibility index (Phi) is 12.5. The quantitative estimate of drug-likeness (QED) is 0.296. The van der Waals surface area contributed by atoms with Crippen LogP contribution >= 0.6 is 0 Å². The molecule has 250 valence electrons. The molecule has 0 bridgehead atoms. The van der Waals surface area contributed by atoms with Crippen LogP contribution < -0.4 is 0 Å². The van der Waals surface area contributed by atoms with Crippen molar-refractivity contribution in [3.63, 3.8) is 0 Å². The van der Waals surface area contributed by atoms with Crippen LogP contribution in [0.1, 0.15) is 81.6 Å². The molecule has 0 aromatic rings. The molecule has 2 saturated heterocycles. The normalized spacial score (nSPS) is 46.0. The number of carbonyl (C=O) groups excluding carboxylic acids is 3. The molecule has 2 heterocycles. The zero-order valence-electron chi connectivity index (χ0n) is 27.6. The number of carbonyl (C=O) groups is 3. The summed E-state index contributed by atoms with van der Waals surface area (Å²) in [4.78, 5) is 42.5. The third-order valence-electron chi connectivity index (χ3n) is 9.73. The smallest absolute Gasteiger partial charge is 0.351 e. The second-order valence-electron chi connectivity index (χ2n) is 13.2. The number of likely N-dealkylation sites (N-methyl/N-ethyl adjacent to an activating group) is 1. The molecule has 0 unspecified atom stereocenters. The zero-order chi connectivity index (χ0) is 33.2. The average Bonchev–Trinajstić information content (AvgIpc) is 2.96. The Morgan fingerprint density at radius 3 is 2.14 bits per heavy atom. The molecule has 2 aliphatic heterocycles. The molecule has 0 amide bonds. The lowest BCUT2D eigenvalue weighted by Gasteiger charge is -2.47. The van der Waals surface area contributed by atoms with Gasteiger partial charge in [0.15, 0.2) is 12.1 Å². The Morgan fingerprint density at radius 2 is 1.63 bits per heavy atom. The highest BCUT2D eigenvalue weighted by molar-refractivity contribution is 6.07. The standard InChI is InChI=1S/C31H54FNO10/c1-12-21-31(9,39)25(37)18(5)22(34)16(3)15-29(7,40-11)26(19(6)24(36)30(8,32)28(38)42-21)43-27-23(35)20(33(10)13-2)14-17(4)41-27/h16-21,23,25-27,35,37,39H,12-15H2,1-11H3/t16-,17-,18+,19+,20+,21-,23-,25-,26-,27+,29-,30+,31-/m1/s1. The molecular formula is C31H54FNO10. The van der Waals surface area contributed by atoms with Gasteiger partial charge in [-0.25, -0.2) is 9.18 Å². The van der Waals surface area contributed by atoms with Gasteiger partial charge in [0.25, 0.3) is 5.67 Å². The largest absolute Gasteiger partial charge is 0.457 e. The molecule has 0 spiro atoms. The van der Waals surface area contributed by atoms with Crippen molar-refractivity contribution in [2.45, 2.75) is 141 Å². The maximum Gasteiger partial charge on any atom is 0.351 e. The highest BCUT2D eigenvalue weighted by Crippen LogP contribution is 2.39. The lowest BCUT2D eigenvalue weighted by molar-refractivity contribution is -0.296. The maximum atomic E-state index is 16.2. The molecule has 3 N–H and O–H groups in total. The summed E-state index contributed by atoms with van der Waals surface area (Å²) in [7, 11) is 3.22. The van der Waals surface area contributed by atoms with Crippen LogP contribution in [0.2, 0.25) is 0 Å². The SMILES string of the molecule is CC[C@H]1OC(=O)[C@@](C)(F)C(=O)[C@H](C)[C@@H](O[C@@H]2O[C@H](C)C[C@H](N(C)CC)[C@H]2O)[C@](C)(OC)C[C@@H](C)C(=O)[C@H](C)[C@@H](O)[C@]1(C)O. The third-order valence-corrected chi connectivity index (χ3v) is 9.73.